The third kappa shape index (κ3) is 6.77. The molecule has 0 amide bonds. The number of ether oxygens (including phenoxy) is 1. The van der Waals surface area contributed by atoms with E-state index >= 15 is 0 Å². The van der Waals surface area contributed by atoms with Crippen LogP contribution >= 0.6 is 0 Å². The lowest BCUT2D eigenvalue weighted by Crippen LogP contribution is -2.68. The molecule has 0 aromatic heterocycles. The molecule has 28 heavy (non-hydrogen) atoms. The fourth-order valence-electron chi connectivity index (χ4n) is 2.62. The average Bonchev–Trinajstić information content (AvgIpc) is 2.69. The van der Waals surface area contributed by atoms with Gasteiger partial charge >= 0.3 is 5.78 Å². The van der Waals surface area contributed by atoms with Gasteiger partial charge < -0.3 is 4.74 Å². The Hall–Kier alpha value is -2.74. The van der Waals surface area contributed by atoms with Crippen molar-refractivity contribution >= 4 is 11.4 Å². The zero-order valence-electron chi connectivity index (χ0n) is 15.3. The van der Waals surface area contributed by atoms with Crippen molar-refractivity contribution < 1.29 is 38.0 Å². The monoisotopic (exact) mass is 402 g/mol. The molecule has 0 radical (unpaired) electrons. The number of ketones is 1. The number of hydrogen-bond acceptors (Lipinski definition) is 5. The van der Waals surface area contributed by atoms with Crippen molar-refractivity contribution in [1.82, 2.24) is 0 Å². The van der Waals surface area contributed by atoms with Crippen molar-refractivity contribution in [2.45, 2.75) is 0 Å². The van der Waals surface area contributed by atoms with E-state index in [1.165, 1.54) is 11.1 Å². The van der Waals surface area contributed by atoms with E-state index in [9.17, 15) is 0 Å². The van der Waals surface area contributed by atoms with Crippen molar-refractivity contribution in [3.05, 3.63) is 95.6 Å². The molecule has 1 aliphatic carbocycles. The largest absolute Gasteiger partial charge is 0.497 e. The van der Waals surface area contributed by atoms with Crippen LogP contribution in [0.4, 0.5) is 0 Å². The number of rotatable bonds is 3. The van der Waals surface area contributed by atoms with Crippen LogP contribution in [0.2, 0.25) is 0 Å². The Balaban J connectivity index is 0.000000500. The minimum absolute atomic E-state index is 0.857. The molecule has 6 nitrogen and oxygen atoms in total. The fraction of sp³-hybridized carbons (Fsp3) is 0.0952. The van der Waals surface area contributed by atoms with Crippen LogP contribution in [-0.4, -0.2) is 20.0 Å². The molecular weight excluding hydrogens is 384 g/mol. The van der Waals surface area contributed by atoms with Crippen molar-refractivity contribution in [3.8, 4) is 5.75 Å². The van der Waals surface area contributed by atoms with Crippen LogP contribution in [0, 0.1) is 10.2 Å². The summed E-state index contributed by atoms with van der Waals surface area (Å²) in [5.41, 5.74) is 4.68. The summed E-state index contributed by atoms with van der Waals surface area (Å²) in [5, 5.41) is 0. The van der Waals surface area contributed by atoms with Gasteiger partial charge in [-0.15, -0.1) is 10.2 Å². The molecule has 2 aromatic carbocycles. The SMILES string of the molecule is COc1ccc(C(=C2C=CC(=[O+]C)C=C2)c2ccccc2)cc1.[O-][Cl+3]([O-])([O-])[O-]. The second-order valence-corrected chi connectivity index (χ2v) is 6.33. The number of benzene rings is 2. The summed E-state index contributed by atoms with van der Waals surface area (Å²) in [7, 11) is -1.58. The molecule has 0 aliphatic heterocycles. The number of hydrogen-bond donors (Lipinski definition) is 0. The highest BCUT2D eigenvalue weighted by molar-refractivity contribution is 6.03. The highest BCUT2D eigenvalue weighted by Crippen LogP contribution is 2.30. The van der Waals surface area contributed by atoms with Crippen LogP contribution in [0.15, 0.2) is 84.5 Å². The van der Waals surface area contributed by atoms with Crippen LogP contribution in [0.1, 0.15) is 11.1 Å². The third-order valence-corrected chi connectivity index (χ3v) is 3.82. The summed E-state index contributed by atoms with van der Waals surface area (Å²) in [6.45, 7) is 0. The van der Waals surface area contributed by atoms with Crippen molar-refractivity contribution in [1.29, 1.82) is 0 Å². The van der Waals surface area contributed by atoms with E-state index in [-0.39, 0.29) is 0 Å². The van der Waals surface area contributed by atoms with Gasteiger partial charge in [0.2, 0.25) is 0 Å². The van der Waals surface area contributed by atoms with Gasteiger partial charge in [0.15, 0.2) is 0 Å². The smallest absolute Gasteiger partial charge is 0.343 e. The van der Waals surface area contributed by atoms with Crippen molar-refractivity contribution in [2.24, 2.45) is 0 Å². The Morgan fingerprint density at radius 1 is 0.786 bits per heavy atom. The van der Waals surface area contributed by atoms with Crippen LogP contribution in [-0.2, 0) is 4.42 Å². The summed E-state index contributed by atoms with van der Waals surface area (Å²) < 4.78 is 44.5. The van der Waals surface area contributed by atoms with Crippen LogP contribution in [0.25, 0.3) is 5.57 Å². The first-order chi connectivity index (χ1) is 13.3. The van der Waals surface area contributed by atoms with Gasteiger partial charge in [0.05, 0.1) is 7.11 Å². The quantitative estimate of drug-likeness (QED) is 0.648. The topological polar surface area (TPSA) is 113 Å². The summed E-state index contributed by atoms with van der Waals surface area (Å²) in [6, 6.07) is 18.6. The Morgan fingerprint density at radius 2 is 1.29 bits per heavy atom. The van der Waals surface area contributed by atoms with E-state index in [4.69, 9.17) is 27.8 Å². The average molecular weight is 403 g/mol. The van der Waals surface area contributed by atoms with Crippen LogP contribution in [0.5, 0.6) is 5.75 Å². The van der Waals surface area contributed by atoms with Gasteiger partial charge in [-0.05, 0) is 46.6 Å². The lowest BCUT2D eigenvalue weighted by Gasteiger charge is -2.17. The van der Waals surface area contributed by atoms with Crippen LogP contribution in [0.3, 0.4) is 0 Å². The summed E-state index contributed by atoms with van der Waals surface area (Å²) >= 11 is 0. The van der Waals surface area contributed by atoms with E-state index in [1.54, 1.807) is 14.2 Å². The highest BCUT2D eigenvalue weighted by atomic mass is 35.7. The Morgan fingerprint density at radius 3 is 1.75 bits per heavy atom. The predicted molar refractivity (Wildman–Crippen MR) is 94.7 cm³/mol. The molecule has 0 atom stereocenters. The first kappa shape index (κ1) is 21.6. The lowest BCUT2D eigenvalue weighted by molar-refractivity contribution is -2.00. The molecule has 0 unspecified atom stereocenters. The normalized spacial score (nSPS) is 12.9. The Kier molecular flexibility index (Phi) is 7.69. The number of carbonyl (C=O) groups excluding carboxylic acids is 1. The minimum atomic E-state index is -4.94. The molecule has 2 aromatic rings. The van der Waals surface area contributed by atoms with E-state index < -0.39 is 10.2 Å². The molecule has 3 rings (SSSR count). The molecule has 1 aliphatic rings. The summed E-state index contributed by atoms with van der Waals surface area (Å²) in [4.78, 5) is 0. The first-order valence-corrected chi connectivity index (χ1v) is 9.38. The molecule has 0 spiro atoms. The standard InChI is InChI=1S/C21H19O2.ClHO4/c1-22-19-12-8-17(9-13-19)21(16-6-4-3-5-7-16)18-10-14-20(23-2)15-11-18;2-1(3,4)5/h3-15H,1-2H3;(H,2,3,4,5)/q+1;/p-1. The number of halogens is 1. The second-order valence-electron chi connectivity index (χ2n) is 5.58. The first-order valence-electron chi connectivity index (χ1n) is 8.15. The molecular formula is C21H19ClO6. The van der Waals surface area contributed by atoms with Gasteiger partial charge in [-0.3, -0.25) is 4.42 Å². The second kappa shape index (κ2) is 9.98. The lowest BCUT2D eigenvalue weighted by atomic mass is 9.91. The van der Waals surface area contributed by atoms with E-state index in [0.29, 0.717) is 0 Å². The maximum Gasteiger partial charge on any atom is 0.343 e. The van der Waals surface area contributed by atoms with Crippen molar-refractivity contribution in [2.75, 3.05) is 14.2 Å². The van der Waals surface area contributed by atoms with Gasteiger partial charge in [-0.2, -0.15) is 0 Å². The maximum absolute atomic E-state index is 8.49. The zero-order valence-corrected chi connectivity index (χ0v) is 16.1. The molecule has 0 saturated heterocycles. The van der Waals surface area contributed by atoms with E-state index in [2.05, 4.69) is 48.6 Å². The number of methoxy groups -OCH3 is 1. The van der Waals surface area contributed by atoms with E-state index in [1.807, 2.05) is 30.4 Å². The molecule has 7 heteroatoms. The molecule has 0 N–H and O–H groups in total. The van der Waals surface area contributed by atoms with Gasteiger partial charge in [-0.1, -0.05) is 42.5 Å². The molecule has 0 saturated carbocycles. The minimum Gasteiger partial charge on any atom is -0.497 e. The summed E-state index contributed by atoms with van der Waals surface area (Å²) in [6.07, 6.45) is 8.15. The highest BCUT2D eigenvalue weighted by Gasteiger charge is 2.13. The molecule has 0 fully saturated rings. The van der Waals surface area contributed by atoms with Crippen LogP contribution < -0.4 is 23.4 Å². The molecule has 0 bridgehead atoms. The predicted octanol–water partition coefficient (Wildman–Crippen LogP) is -0.398. The number of allylic oxidation sites excluding steroid dienone is 5. The van der Waals surface area contributed by atoms with Gasteiger partial charge in [0, 0.05) is 12.2 Å². The fourth-order valence-corrected chi connectivity index (χ4v) is 2.62. The van der Waals surface area contributed by atoms with Gasteiger partial charge in [0.1, 0.15) is 5.75 Å². The van der Waals surface area contributed by atoms with E-state index in [0.717, 1.165) is 22.7 Å². The van der Waals surface area contributed by atoms with Gasteiger partial charge in [-0.25, -0.2) is 18.6 Å². The Labute approximate surface area is 165 Å². The maximum atomic E-state index is 8.49. The Bertz CT molecular complexity index is 867. The molecule has 146 valence electrons. The van der Waals surface area contributed by atoms with Crippen molar-refractivity contribution in [3.63, 3.8) is 0 Å². The zero-order chi connectivity index (χ0) is 20.6. The third-order valence-electron chi connectivity index (χ3n) is 3.82. The molecule has 0 heterocycles. The summed E-state index contributed by atoms with van der Waals surface area (Å²) in [5.74, 6) is 1.71. The van der Waals surface area contributed by atoms with Gasteiger partial charge in [0.25, 0.3) is 7.11 Å².